The first-order chi connectivity index (χ1) is 43.8. The van der Waals surface area contributed by atoms with Crippen LogP contribution >= 0.6 is 0 Å². The van der Waals surface area contributed by atoms with E-state index in [0.717, 1.165) is 20.8 Å². The first kappa shape index (κ1) is 76.9. The minimum absolute atomic E-state index is 0.809. The SMILES string of the molecule is CC(=O)N[C@H]1[C@H](OC[C@H]2O[C@@H](O[C@H]3[C@H](O)[C@@H](O)C(O)O[C@@H]3CO)[C@H](O)[C@@H](O[C@@H]3O[C@H](CO)[C@@H](O)[C@H](O[C@@H]4O[C@H](CO)[C@H](O)[C@H](O)[C@H]4O)[C@H]3NC(C)=O)[C@H]2O)O[C@H](CO)[C@@H](O[C@@H]2O[C@H](CO[C@]3(C(=O)O)C[C@H](O)[C@@H](NC(C)=O)[C@H]([C@H](O)[C@H](O)CO)O3)[C@H](O)[C@H](O)[C@H]2O)[C@@H]1O. The number of carboxylic acids is 1. The molecule has 0 radical (unpaired) electrons. The Hall–Kier alpha value is -3.48. The summed E-state index contributed by atoms with van der Waals surface area (Å²) in [4.78, 5) is 50.5. The van der Waals surface area contributed by atoms with E-state index < -0.39 is 297 Å². The highest BCUT2D eigenvalue weighted by Crippen LogP contribution is 2.39. The number of amides is 3. The molecule has 0 spiro atoms. The van der Waals surface area contributed by atoms with Gasteiger partial charge in [0.2, 0.25) is 17.7 Å². The molecule has 7 rings (SSSR count). The van der Waals surface area contributed by atoms with Gasteiger partial charge in [0.1, 0.15) is 165 Å². The van der Waals surface area contributed by atoms with E-state index in [0.29, 0.717) is 0 Å². The average Bonchev–Trinajstić information content (AvgIpc) is 0.791. The molecule has 0 saturated carbocycles. The Labute approximate surface area is 525 Å². The molecule has 3 amide bonds. The molecule has 0 aromatic heterocycles. The Balaban J connectivity index is 1.13. The van der Waals surface area contributed by atoms with Crippen molar-refractivity contribution in [3.05, 3.63) is 0 Å². The van der Waals surface area contributed by atoms with E-state index in [2.05, 4.69) is 16.0 Å². The fourth-order valence-electron chi connectivity index (χ4n) is 11.7. The normalized spacial score (nSPS) is 47.2. The number of nitrogens with one attached hydrogen (secondary N) is 3. The summed E-state index contributed by atoms with van der Waals surface area (Å²) < 4.78 is 74.8. The van der Waals surface area contributed by atoms with Crippen molar-refractivity contribution >= 4 is 23.7 Å². The Bertz CT molecular complexity index is 2410. The van der Waals surface area contributed by atoms with Crippen LogP contribution in [0, 0.1) is 0 Å². The van der Waals surface area contributed by atoms with Gasteiger partial charge in [0.25, 0.3) is 5.79 Å². The summed E-state index contributed by atoms with van der Waals surface area (Å²) >= 11 is 0. The zero-order valence-electron chi connectivity index (χ0n) is 49.6. The van der Waals surface area contributed by atoms with E-state index in [1.54, 1.807) is 0 Å². The number of aliphatic hydroxyl groups excluding tert-OH is 21. The molecule has 0 bridgehead atoms. The van der Waals surface area contributed by atoms with Crippen molar-refractivity contribution in [1.29, 1.82) is 0 Å². The summed E-state index contributed by atoms with van der Waals surface area (Å²) in [6.45, 7) is -4.61. The minimum atomic E-state index is -3.02. The molecule has 25 N–H and O–H groups in total. The van der Waals surface area contributed by atoms with Gasteiger partial charge in [-0.3, -0.25) is 14.4 Å². The summed E-state index contributed by atoms with van der Waals surface area (Å²) in [7, 11) is 0. The van der Waals surface area contributed by atoms with Gasteiger partial charge in [0.15, 0.2) is 37.7 Å². The van der Waals surface area contributed by atoms with Crippen LogP contribution < -0.4 is 16.0 Å². The molecule has 7 aliphatic rings. The molecule has 538 valence electrons. The largest absolute Gasteiger partial charge is 0.477 e. The summed E-state index contributed by atoms with van der Waals surface area (Å²) in [6.07, 6.45) is -66.7. The number of hydrogen-bond donors (Lipinski definition) is 25. The first-order valence-electron chi connectivity index (χ1n) is 29.2. The highest BCUT2D eigenvalue weighted by molar-refractivity contribution is 5.77. The van der Waals surface area contributed by atoms with E-state index >= 15 is 0 Å². The zero-order valence-corrected chi connectivity index (χ0v) is 49.6. The van der Waals surface area contributed by atoms with Crippen LogP contribution in [0.5, 0.6) is 0 Å². The quantitative estimate of drug-likeness (QED) is 0.0404. The molecular weight excluding hydrogens is 1280 g/mol. The van der Waals surface area contributed by atoms with Crippen LogP contribution in [0.4, 0.5) is 0 Å². The predicted octanol–water partition coefficient (Wildman–Crippen LogP) is -16.6. The summed E-state index contributed by atoms with van der Waals surface area (Å²) in [5.74, 6) is -7.66. The van der Waals surface area contributed by atoms with Gasteiger partial charge in [-0.1, -0.05) is 0 Å². The van der Waals surface area contributed by atoms with Crippen LogP contribution in [0.2, 0.25) is 0 Å². The Morgan fingerprint density at radius 2 is 0.871 bits per heavy atom. The molecule has 1 unspecified atom stereocenters. The lowest BCUT2D eigenvalue weighted by atomic mass is 9.88. The Morgan fingerprint density at radius 1 is 0.441 bits per heavy atom. The van der Waals surface area contributed by atoms with Gasteiger partial charge < -0.3 is 190 Å². The molecule has 36 atom stereocenters. The maximum absolute atomic E-state index is 12.9. The molecule has 0 aromatic carbocycles. The fraction of sp³-hybridized carbons (Fsp3) is 0.922. The van der Waals surface area contributed by atoms with E-state index in [1.165, 1.54) is 0 Å². The van der Waals surface area contributed by atoms with Crippen molar-refractivity contribution in [2.24, 2.45) is 0 Å². The van der Waals surface area contributed by atoms with Crippen molar-refractivity contribution in [3.63, 3.8) is 0 Å². The molecule has 93 heavy (non-hydrogen) atoms. The molecular formula is C51H85N3O39. The van der Waals surface area contributed by atoms with E-state index in [1.807, 2.05) is 0 Å². The predicted molar refractivity (Wildman–Crippen MR) is 284 cm³/mol. The van der Waals surface area contributed by atoms with Gasteiger partial charge in [-0.05, 0) is 0 Å². The summed E-state index contributed by atoms with van der Waals surface area (Å²) in [5.41, 5.74) is 0. The van der Waals surface area contributed by atoms with Crippen molar-refractivity contribution < 1.29 is 193 Å². The van der Waals surface area contributed by atoms with Crippen molar-refractivity contribution in [1.82, 2.24) is 16.0 Å². The molecule has 7 heterocycles. The van der Waals surface area contributed by atoms with Crippen molar-refractivity contribution in [2.45, 2.75) is 248 Å². The summed E-state index contributed by atoms with van der Waals surface area (Å²) in [5, 5.41) is 245. The lowest BCUT2D eigenvalue weighted by molar-refractivity contribution is -0.383. The van der Waals surface area contributed by atoms with Crippen molar-refractivity contribution in [3.8, 4) is 0 Å². The van der Waals surface area contributed by atoms with Gasteiger partial charge in [-0.15, -0.1) is 0 Å². The number of carboxylic acid groups (broad SMARTS) is 1. The smallest absolute Gasteiger partial charge is 0.364 e. The number of carbonyl (C=O) groups is 4. The summed E-state index contributed by atoms with van der Waals surface area (Å²) in [6, 6.07) is -5.33. The molecule has 0 aromatic rings. The van der Waals surface area contributed by atoms with Gasteiger partial charge in [0.05, 0.1) is 58.4 Å². The lowest BCUT2D eigenvalue weighted by Gasteiger charge is -2.50. The molecule has 0 aliphatic carbocycles. The van der Waals surface area contributed by atoms with E-state index in [4.69, 9.17) is 61.6 Å². The monoisotopic (exact) mass is 1360 g/mol. The highest BCUT2D eigenvalue weighted by Gasteiger charge is 2.60. The van der Waals surface area contributed by atoms with E-state index in [9.17, 15) is 132 Å². The lowest BCUT2D eigenvalue weighted by Crippen LogP contribution is -2.70. The van der Waals surface area contributed by atoms with Crippen LogP contribution in [0.15, 0.2) is 0 Å². The third kappa shape index (κ3) is 17.0. The molecule has 42 heteroatoms. The van der Waals surface area contributed by atoms with E-state index in [-0.39, 0.29) is 0 Å². The molecule has 7 fully saturated rings. The number of ether oxygens (including phenoxy) is 13. The van der Waals surface area contributed by atoms with Crippen LogP contribution in [0.3, 0.4) is 0 Å². The number of aliphatic hydroxyl groups is 21. The maximum atomic E-state index is 12.9. The second-order valence-corrected chi connectivity index (χ2v) is 23.3. The highest BCUT2D eigenvalue weighted by atomic mass is 16.8. The topological polar surface area (TPSA) is 669 Å². The molecule has 42 nitrogen and oxygen atoms in total. The standard InChI is InChI=1S/C51H85N3O39/c1-12(60)52-23-15(63)4-51(50(79)80,93-42(23)26(65)16(64)5-55)82-11-22-28(67)33(72)37(76)48(88-22)89-39-20(9-59)86-45(24(31(39)70)53-13(2)61)81-10-21-30(69)43(38(77)49(87-21)90-40-19(8-58)83-44(78)35(74)34(40)73)92-46-25(54-14(3)62)41(29(68)18(7-57)84-46)91-47-36(75)32(71)27(66)17(6-56)85-47/h15-49,55-59,63-78H,4-11H2,1-3H3,(H,52,60)(H,53,61)(H,54,62)(H,79,80)/t15-,16+,17+,18+,19+,20+,21+,22+,23+,24+,25+,26+,27-,28-,29+,30-,31+,32-,33-,34+,35+,36+,37+,38+,39+,40+,41+,42+,43-,44?,45+,46-,47-,48-,49-,51+/m0/s1. The van der Waals surface area contributed by atoms with Gasteiger partial charge >= 0.3 is 5.97 Å². The second-order valence-electron chi connectivity index (χ2n) is 23.3. The van der Waals surface area contributed by atoms with Gasteiger partial charge in [-0.25, -0.2) is 4.79 Å². The Morgan fingerprint density at radius 3 is 1.41 bits per heavy atom. The minimum Gasteiger partial charge on any atom is -0.477 e. The number of carbonyl (C=O) groups excluding carboxylic acids is 3. The van der Waals surface area contributed by atoms with Gasteiger partial charge in [-0.2, -0.15) is 0 Å². The maximum Gasteiger partial charge on any atom is 0.364 e. The van der Waals surface area contributed by atoms with Gasteiger partial charge in [0, 0.05) is 27.2 Å². The molecule has 7 aliphatic heterocycles. The van der Waals surface area contributed by atoms with Crippen LogP contribution in [-0.4, -0.2) is 403 Å². The second kappa shape index (κ2) is 32.9. The fourth-order valence-corrected chi connectivity index (χ4v) is 11.7. The third-order valence-electron chi connectivity index (χ3n) is 16.7. The van der Waals surface area contributed by atoms with Crippen LogP contribution in [0.1, 0.15) is 27.2 Å². The van der Waals surface area contributed by atoms with Crippen LogP contribution in [0.25, 0.3) is 0 Å². The average molecular weight is 1360 g/mol. The number of hydrogen-bond acceptors (Lipinski definition) is 38. The third-order valence-corrected chi connectivity index (χ3v) is 16.7. The number of rotatable bonds is 25. The van der Waals surface area contributed by atoms with Crippen LogP contribution in [-0.2, 0) is 80.8 Å². The first-order valence-corrected chi connectivity index (χ1v) is 29.2. The molecule has 7 saturated heterocycles. The zero-order chi connectivity index (χ0) is 69.0. The Kier molecular flexibility index (Phi) is 27.2. The number of aliphatic carboxylic acids is 1. The van der Waals surface area contributed by atoms with Crippen molar-refractivity contribution in [2.75, 3.05) is 46.2 Å².